The Balaban J connectivity index is 1.35. The maximum absolute atomic E-state index is 13.1. The molecule has 1 saturated heterocycles. The summed E-state index contributed by atoms with van der Waals surface area (Å²) in [6.07, 6.45) is 1.37. The van der Waals surface area contributed by atoms with Crippen LogP contribution < -0.4 is 20.3 Å². The molecule has 162 valence electrons. The second-order valence-electron chi connectivity index (χ2n) is 8.40. The second kappa shape index (κ2) is 8.04. The number of ether oxygens (including phenoxy) is 1. The fraction of sp³-hybridized carbons (Fsp3) is 0.231. The quantitative estimate of drug-likeness (QED) is 0.633. The molecule has 0 unspecified atom stereocenters. The fourth-order valence-electron chi connectivity index (χ4n) is 4.57. The second-order valence-corrected chi connectivity index (χ2v) is 8.40. The molecular formula is C26H25N3O3. The highest BCUT2D eigenvalue weighted by Gasteiger charge is 2.49. The number of hydrogen-bond donors (Lipinski definition) is 2. The lowest BCUT2D eigenvalue weighted by Gasteiger charge is -2.50. The van der Waals surface area contributed by atoms with Gasteiger partial charge in [0.25, 0.3) is 5.91 Å². The molecule has 32 heavy (non-hydrogen) atoms. The van der Waals surface area contributed by atoms with Crippen molar-refractivity contribution in [3.63, 3.8) is 0 Å². The molecule has 2 bridgehead atoms. The maximum atomic E-state index is 13.1. The normalized spacial score (nSPS) is 21.2. The van der Waals surface area contributed by atoms with E-state index >= 15 is 0 Å². The predicted molar refractivity (Wildman–Crippen MR) is 123 cm³/mol. The van der Waals surface area contributed by atoms with Gasteiger partial charge in [0, 0.05) is 24.1 Å². The summed E-state index contributed by atoms with van der Waals surface area (Å²) in [5, 5.41) is 6.05. The van der Waals surface area contributed by atoms with Gasteiger partial charge in [-0.05, 0) is 43.2 Å². The molecule has 3 aromatic rings. The minimum absolute atomic E-state index is 0.0989. The van der Waals surface area contributed by atoms with Crippen LogP contribution in [0.3, 0.4) is 0 Å². The zero-order valence-corrected chi connectivity index (χ0v) is 17.9. The SMILES string of the molecule is C[C@@]12C[C@@H](NC(=O)N1c1cccc(C(=O)NCCc3ccccc3)c1)c1ccccc1O2. The third-order valence-corrected chi connectivity index (χ3v) is 6.09. The number of hydrogen-bond acceptors (Lipinski definition) is 3. The van der Waals surface area contributed by atoms with E-state index in [4.69, 9.17) is 4.74 Å². The average molecular weight is 428 g/mol. The zero-order chi connectivity index (χ0) is 22.1. The molecule has 1 fully saturated rings. The first kappa shape index (κ1) is 20.1. The highest BCUT2D eigenvalue weighted by atomic mass is 16.5. The molecular weight excluding hydrogens is 402 g/mol. The molecule has 5 rings (SSSR count). The molecule has 2 aliphatic rings. The highest BCUT2D eigenvalue weighted by molar-refractivity contribution is 5.99. The van der Waals surface area contributed by atoms with Crippen molar-refractivity contribution in [3.05, 3.63) is 95.6 Å². The molecule has 0 spiro atoms. The van der Waals surface area contributed by atoms with E-state index in [1.807, 2.05) is 67.6 Å². The Hall–Kier alpha value is -3.80. The number of fused-ring (bicyclic) bond motifs is 4. The molecule has 2 N–H and O–H groups in total. The summed E-state index contributed by atoms with van der Waals surface area (Å²) < 4.78 is 6.31. The number of urea groups is 1. The van der Waals surface area contributed by atoms with Crippen LogP contribution in [0.1, 0.15) is 40.9 Å². The summed E-state index contributed by atoms with van der Waals surface area (Å²) >= 11 is 0. The Kier molecular flexibility index (Phi) is 5.05. The standard InChI is InChI=1S/C26H25N3O3/c1-26-17-22(21-12-5-6-13-23(21)32-26)28-25(31)29(26)20-11-7-10-19(16-20)24(30)27-15-14-18-8-3-2-4-9-18/h2-13,16,22H,14-15,17H2,1H3,(H,27,30)(H,28,31)/t22-,26-/m1/s1. The number of nitrogens with zero attached hydrogens (tertiary/aromatic N) is 1. The van der Waals surface area contributed by atoms with E-state index in [2.05, 4.69) is 10.6 Å². The van der Waals surface area contributed by atoms with Crippen LogP contribution in [0.15, 0.2) is 78.9 Å². The number of carbonyl (C=O) groups excluding carboxylic acids is 2. The lowest BCUT2D eigenvalue weighted by Crippen LogP contribution is -2.65. The van der Waals surface area contributed by atoms with Crippen molar-refractivity contribution < 1.29 is 14.3 Å². The molecule has 3 amide bonds. The number of anilines is 1. The van der Waals surface area contributed by atoms with Crippen LogP contribution in [0.5, 0.6) is 5.75 Å². The topological polar surface area (TPSA) is 70.7 Å². The molecule has 2 aliphatic heterocycles. The number of carbonyl (C=O) groups is 2. The van der Waals surface area contributed by atoms with Crippen LogP contribution in [-0.2, 0) is 6.42 Å². The van der Waals surface area contributed by atoms with E-state index in [1.165, 1.54) is 5.56 Å². The van der Waals surface area contributed by atoms with Crippen molar-refractivity contribution in [1.82, 2.24) is 10.6 Å². The van der Waals surface area contributed by atoms with Crippen LogP contribution in [0.25, 0.3) is 0 Å². The van der Waals surface area contributed by atoms with Crippen molar-refractivity contribution in [2.75, 3.05) is 11.4 Å². The molecule has 2 heterocycles. The Morgan fingerprint density at radius 3 is 2.72 bits per heavy atom. The minimum atomic E-state index is -0.843. The first-order chi connectivity index (χ1) is 15.5. The number of benzene rings is 3. The first-order valence-corrected chi connectivity index (χ1v) is 10.8. The monoisotopic (exact) mass is 427 g/mol. The number of amides is 3. The van der Waals surface area contributed by atoms with Gasteiger partial charge < -0.3 is 15.4 Å². The van der Waals surface area contributed by atoms with Crippen LogP contribution in [0, 0.1) is 0 Å². The minimum Gasteiger partial charge on any atom is -0.467 e. The highest BCUT2D eigenvalue weighted by Crippen LogP contribution is 2.45. The number of para-hydroxylation sites is 1. The van der Waals surface area contributed by atoms with Crippen LogP contribution in [0.2, 0.25) is 0 Å². The smallest absolute Gasteiger partial charge is 0.325 e. The van der Waals surface area contributed by atoms with Crippen molar-refractivity contribution >= 4 is 17.6 Å². The Morgan fingerprint density at radius 1 is 1.09 bits per heavy atom. The largest absolute Gasteiger partial charge is 0.467 e. The molecule has 0 radical (unpaired) electrons. The molecule has 0 aliphatic carbocycles. The van der Waals surface area contributed by atoms with E-state index in [0.29, 0.717) is 24.2 Å². The van der Waals surface area contributed by atoms with E-state index < -0.39 is 5.72 Å². The first-order valence-electron chi connectivity index (χ1n) is 10.8. The van der Waals surface area contributed by atoms with Gasteiger partial charge in [0.1, 0.15) is 5.75 Å². The lowest BCUT2D eigenvalue weighted by atomic mass is 9.90. The molecule has 2 atom stereocenters. The van der Waals surface area contributed by atoms with Crippen LogP contribution in [-0.4, -0.2) is 24.2 Å². The summed E-state index contributed by atoms with van der Waals surface area (Å²) in [6.45, 7) is 2.46. The van der Waals surface area contributed by atoms with Gasteiger partial charge in [-0.25, -0.2) is 4.79 Å². The molecule has 6 heteroatoms. The predicted octanol–water partition coefficient (Wildman–Crippen LogP) is 4.43. The molecule has 0 saturated carbocycles. The van der Waals surface area contributed by atoms with Gasteiger partial charge in [0.05, 0.1) is 11.7 Å². The summed E-state index contributed by atoms with van der Waals surface area (Å²) in [7, 11) is 0. The third-order valence-electron chi connectivity index (χ3n) is 6.09. The van der Waals surface area contributed by atoms with E-state index in [-0.39, 0.29) is 18.0 Å². The van der Waals surface area contributed by atoms with Crippen molar-refractivity contribution in [2.24, 2.45) is 0 Å². The molecule has 3 aromatic carbocycles. The van der Waals surface area contributed by atoms with Crippen molar-refractivity contribution in [3.8, 4) is 5.75 Å². The van der Waals surface area contributed by atoms with Gasteiger partial charge >= 0.3 is 6.03 Å². The summed E-state index contributed by atoms with van der Waals surface area (Å²) in [6, 6.07) is 24.6. The Labute approximate surface area is 187 Å². The van der Waals surface area contributed by atoms with E-state index in [0.717, 1.165) is 17.7 Å². The Morgan fingerprint density at radius 2 is 1.88 bits per heavy atom. The fourth-order valence-corrected chi connectivity index (χ4v) is 4.57. The van der Waals surface area contributed by atoms with E-state index in [1.54, 1.807) is 23.1 Å². The summed E-state index contributed by atoms with van der Waals surface area (Å²) in [4.78, 5) is 27.4. The van der Waals surface area contributed by atoms with Crippen molar-refractivity contribution in [1.29, 1.82) is 0 Å². The van der Waals surface area contributed by atoms with Crippen LogP contribution >= 0.6 is 0 Å². The van der Waals surface area contributed by atoms with Gasteiger partial charge in [0.15, 0.2) is 5.72 Å². The zero-order valence-electron chi connectivity index (χ0n) is 17.9. The maximum Gasteiger partial charge on any atom is 0.325 e. The van der Waals surface area contributed by atoms with Gasteiger partial charge in [-0.15, -0.1) is 0 Å². The van der Waals surface area contributed by atoms with Crippen LogP contribution in [0.4, 0.5) is 10.5 Å². The lowest BCUT2D eigenvalue weighted by molar-refractivity contribution is 0.0378. The third kappa shape index (κ3) is 3.68. The van der Waals surface area contributed by atoms with Gasteiger partial charge in [0.2, 0.25) is 0 Å². The average Bonchev–Trinajstić information content (AvgIpc) is 2.79. The molecule has 6 nitrogen and oxygen atoms in total. The summed E-state index contributed by atoms with van der Waals surface area (Å²) in [5.74, 6) is 0.601. The number of nitrogens with one attached hydrogen (secondary N) is 2. The van der Waals surface area contributed by atoms with E-state index in [9.17, 15) is 9.59 Å². The van der Waals surface area contributed by atoms with Gasteiger partial charge in [-0.2, -0.15) is 0 Å². The summed E-state index contributed by atoms with van der Waals surface area (Å²) in [5.41, 5.74) is 2.45. The Bertz CT molecular complexity index is 1160. The van der Waals surface area contributed by atoms with Gasteiger partial charge in [-0.3, -0.25) is 9.69 Å². The molecule has 0 aromatic heterocycles. The number of rotatable bonds is 5. The van der Waals surface area contributed by atoms with Gasteiger partial charge in [-0.1, -0.05) is 54.6 Å². The van der Waals surface area contributed by atoms with Crippen molar-refractivity contribution in [2.45, 2.75) is 31.5 Å².